The summed E-state index contributed by atoms with van der Waals surface area (Å²) in [6.45, 7) is 2.18. The molecule has 3 rings (SSSR count). The van der Waals surface area contributed by atoms with Crippen LogP contribution in [0.2, 0.25) is 0 Å². The predicted molar refractivity (Wildman–Crippen MR) is 94.8 cm³/mol. The second-order valence-electron chi connectivity index (χ2n) is 5.52. The molecular weight excluding hydrogens is 323 g/mol. The number of rotatable bonds is 6. The van der Waals surface area contributed by atoms with E-state index in [0.29, 0.717) is 18.0 Å². The number of fused-ring (bicyclic) bond motifs is 1. The third kappa shape index (κ3) is 3.74. The van der Waals surface area contributed by atoms with E-state index in [2.05, 4.69) is 10.3 Å². The molecule has 2 N–H and O–H groups in total. The summed E-state index contributed by atoms with van der Waals surface area (Å²) in [6, 6.07) is 9.69. The van der Waals surface area contributed by atoms with Crippen molar-refractivity contribution in [2.75, 3.05) is 19.0 Å². The molecule has 0 aliphatic rings. The zero-order valence-electron chi connectivity index (χ0n) is 14.1. The first kappa shape index (κ1) is 16.8. The number of ether oxygens (including phenoxy) is 2. The SMILES string of the molecule is CCOc1cc(F)ccc1NC(=O)Cc1c[nH]c2ccc(OC)cc12. The Morgan fingerprint density at radius 1 is 1.24 bits per heavy atom. The summed E-state index contributed by atoms with van der Waals surface area (Å²) in [7, 11) is 1.60. The highest BCUT2D eigenvalue weighted by atomic mass is 19.1. The summed E-state index contributed by atoms with van der Waals surface area (Å²) in [5, 5.41) is 3.71. The van der Waals surface area contributed by atoms with Gasteiger partial charge in [-0.15, -0.1) is 0 Å². The molecule has 0 radical (unpaired) electrons. The van der Waals surface area contributed by atoms with Gasteiger partial charge in [-0.2, -0.15) is 0 Å². The van der Waals surface area contributed by atoms with Crippen molar-refractivity contribution in [1.82, 2.24) is 4.98 Å². The van der Waals surface area contributed by atoms with Crippen LogP contribution in [-0.4, -0.2) is 24.6 Å². The van der Waals surface area contributed by atoms with E-state index in [0.717, 1.165) is 22.2 Å². The van der Waals surface area contributed by atoms with E-state index in [1.807, 2.05) is 18.2 Å². The Morgan fingerprint density at radius 3 is 2.84 bits per heavy atom. The topological polar surface area (TPSA) is 63.3 Å². The van der Waals surface area contributed by atoms with Crippen LogP contribution in [0.5, 0.6) is 11.5 Å². The smallest absolute Gasteiger partial charge is 0.228 e. The number of aromatic amines is 1. The molecule has 1 aromatic heterocycles. The van der Waals surface area contributed by atoms with Crippen LogP contribution < -0.4 is 14.8 Å². The molecule has 1 heterocycles. The van der Waals surface area contributed by atoms with E-state index in [1.165, 1.54) is 18.2 Å². The number of benzene rings is 2. The maximum absolute atomic E-state index is 13.4. The molecule has 0 bridgehead atoms. The van der Waals surface area contributed by atoms with Crippen LogP contribution in [0.15, 0.2) is 42.6 Å². The third-order valence-corrected chi connectivity index (χ3v) is 3.84. The maximum Gasteiger partial charge on any atom is 0.228 e. The fourth-order valence-corrected chi connectivity index (χ4v) is 2.67. The summed E-state index contributed by atoms with van der Waals surface area (Å²) in [5.74, 6) is 0.420. The Balaban J connectivity index is 1.79. The first-order valence-corrected chi connectivity index (χ1v) is 7.97. The van der Waals surface area contributed by atoms with Gasteiger partial charge in [0.1, 0.15) is 17.3 Å². The Hall–Kier alpha value is -3.02. The molecule has 0 saturated carbocycles. The lowest BCUT2D eigenvalue weighted by atomic mass is 10.1. The van der Waals surface area contributed by atoms with Gasteiger partial charge in [-0.05, 0) is 42.8 Å². The fourth-order valence-electron chi connectivity index (χ4n) is 2.67. The maximum atomic E-state index is 13.4. The summed E-state index contributed by atoms with van der Waals surface area (Å²) in [5.41, 5.74) is 2.23. The van der Waals surface area contributed by atoms with Crippen molar-refractivity contribution in [2.24, 2.45) is 0 Å². The molecule has 25 heavy (non-hydrogen) atoms. The Morgan fingerprint density at radius 2 is 2.08 bits per heavy atom. The van der Waals surface area contributed by atoms with Crippen molar-refractivity contribution in [3.8, 4) is 11.5 Å². The Labute approximate surface area is 144 Å². The van der Waals surface area contributed by atoms with Crippen molar-refractivity contribution in [3.05, 3.63) is 54.0 Å². The number of carbonyl (C=O) groups excluding carboxylic acids is 1. The minimum Gasteiger partial charge on any atom is -0.497 e. The van der Waals surface area contributed by atoms with Crippen LogP contribution in [0, 0.1) is 5.82 Å². The molecule has 1 amide bonds. The zero-order chi connectivity index (χ0) is 17.8. The van der Waals surface area contributed by atoms with E-state index < -0.39 is 5.82 Å². The van der Waals surface area contributed by atoms with E-state index in [4.69, 9.17) is 9.47 Å². The lowest BCUT2D eigenvalue weighted by Gasteiger charge is -2.11. The molecule has 0 saturated heterocycles. The van der Waals surface area contributed by atoms with Gasteiger partial charge in [-0.1, -0.05) is 0 Å². The van der Waals surface area contributed by atoms with Gasteiger partial charge in [-0.25, -0.2) is 4.39 Å². The lowest BCUT2D eigenvalue weighted by Crippen LogP contribution is -2.15. The standard InChI is InChI=1S/C19H19FN2O3/c1-3-25-18-9-13(20)4-6-17(18)22-19(23)8-12-11-21-16-7-5-14(24-2)10-15(12)16/h4-7,9-11,21H,3,8H2,1-2H3,(H,22,23). The number of H-pyrrole nitrogens is 1. The van der Waals surface area contributed by atoms with Gasteiger partial charge < -0.3 is 19.8 Å². The molecule has 2 aromatic carbocycles. The highest BCUT2D eigenvalue weighted by molar-refractivity contribution is 5.97. The Kier molecular flexibility index (Phi) is 4.88. The minimum absolute atomic E-state index is 0.177. The molecule has 3 aromatic rings. The van der Waals surface area contributed by atoms with Crippen molar-refractivity contribution in [1.29, 1.82) is 0 Å². The first-order valence-electron chi connectivity index (χ1n) is 7.97. The second-order valence-corrected chi connectivity index (χ2v) is 5.52. The summed E-state index contributed by atoms with van der Waals surface area (Å²) in [4.78, 5) is 15.6. The molecule has 0 aliphatic heterocycles. The van der Waals surface area contributed by atoms with Crippen LogP contribution in [-0.2, 0) is 11.2 Å². The molecule has 0 unspecified atom stereocenters. The number of amides is 1. The highest BCUT2D eigenvalue weighted by Gasteiger charge is 2.13. The number of methoxy groups -OCH3 is 1. The molecule has 6 heteroatoms. The minimum atomic E-state index is -0.412. The summed E-state index contributed by atoms with van der Waals surface area (Å²) < 4.78 is 24.0. The van der Waals surface area contributed by atoms with Gasteiger partial charge >= 0.3 is 0 Å². The second kappa shape index (κ2) is 7.25. The average molecular weight is 342 g/mol. The largest absolute Gasteiger partial charge is 0.497 e. The van der Waals surface area contributed by atoms with Crippen molar-refractivity contribution < 1.29 is 18.7 Å². The number of halogens is 1. The quantitative estimate of drug-likeness (QED) is 0.714. The van der Waals surface area contributed by atoms with Crippen molar-refractivity contribution in [3.63, 3.8) is 0 Å². The van der Waals surface area contributed by atoms with Crippen molar-refractivity contribution in [2.45, 2.75) is 13.3 Å². The lowest BCUT2D eigenvalue weighted by molar-refractivity contribution is -0.115. The molecule has 0 atom stereocenters. The number of nitrogens with one attached hydrogen (secondary N) is 2. The highest BCUT2D eigenvalue weighted by Crippen LogP contribution is 2.27. The van der Waals surface area contributed by atoms with Gasteiger partial charge in [0.15, 0.2) is 0 Å². The van der Waals surface area contributed by atoms with Gasteiger partial charge in [0, 0.05) is 23.2 Å². The normalized spacial score (nSPS) is 10.7. The van der Waals surface area contributed by atoms with Crippen LogP contribution in [0.25, 0.3) is 10.9 Å². The van der Waals surface area contributed by atoms with Crippen molar-refractivity contribution >= 4 is 22.5 Å². The van der Waals surface area contributed by atoms with Crippen LogP contribution in [0.3, 0.4) is 0 Å². The number of anilines is 1. The Bertz CT molecular complexity index is 905. The molecule has 5 nitrogen and oxygen atoms in total. The number of carbonyl (C=O) groups is 1. The van der Waals surface area contributed by atoms with Crippen LogP contribution in [0.4, 0.5) is 10.1 Å². The number of hydrogen-bond acceptors (Lipinski definition) is 3. The molecule has 0 fully saturated rings. The van der Waals surface area contributed by atoms with Gasteiger partial charge in [0.25, 0.3) is 0 Å². The summed E-state index contributed by atoms with van der Waals surface area (Å²) in [6.07, 6.45) is 1.98. The predicted octanol–water partition coefficient (Wildman–Crippen LogP) is 3.90. The van der Waals surface area contributed by atoms with Gasteiger partial charge in [-0.3, -0.25) is 4.79 Å². The van der Waals surface area contributed by atoms with Crippen LogP contribution >= 0.6 is 0 Å². The van der Waals surface area contributed by atoms with Gasteiger partial charge in [0.2, 0.25) is 5.91 Å². The fraction of sp³-hybridized carbons (Fsp3) is 0.211. The van der Waals surface area contributed by atoms with E-state index in [9.17, 15) is 9.18 Å². The molecule has 0 aliphatic carbocycles. The van der Waals surface area contributed by atoms with Gasteiger partial charge in [0.05, 0.1) is 25.8 Å². The molecule has 0 spiro atoms. The summed E-state index contributed by atoms with van der Waals surface area (Å²) >= 11 is 0. The number of aromatic nitrogens is 1. The average Bonchev–Trinajstić information content (AvgIpc) is 2.99. The van der Waals surface area contributed by atoms with E-state index >= 15 is 0 Å². The first-order chi connectivity index (χ1) is 12.1. The van der Waals surface area contributed by atoms with E-state index in [-0.39, 0.29) is 12.3 Å². The van der Waals surface area contributed by atoms with E-state index in [1.54, 1.807) is 20.2 Å². The molecule has 130 valence electrons. The van der Waals surface area contributed by atoms with Crippen LogP contribution in [0.1, 0.15) is 12.5 Å². The number of hydrogen-bond donors (Lipinski definition) is 2. The molecular formula is C19H19FN2O3. The third-order valence-electron chi connectivity index (χ3n) is 3.84. The monoisotopic (exact) mass is 342 g/mol. The zero-order valence-corrected chi connectivity index (χ0v) is 14.1.